The van der Waals surface area contributed by atoms with E-state index in [0.717, 1.165) is 18.7 Å². The van der Waals surface area contributed by atoms with Crippen LogP contribution in [0.25, 0.3) is 11.0 Å². The van der Waals surface area contributed by atoms with Crippen LogP contribution in [0.2, 0.25) is 0 Å². The average molecular weight is 421 g/mol. The van der Waals surface area contributed by atoms with Crippen LogP contribution in [-0.4, -0.2) is 43.7 Å². The van der Waals surface area contributed by atoms with Crippen LogP contribution in [0, 0.1) is 0 Å². The Morgan fingerprint density at radius 1 is 1.03 bits per heavy atom. The highest BCUT2D eigenvalue weighted by Crippen LogP contribution is 2.24. The minimum Gasteiger partial charge on any atom is -0.451 e. The second-order valence-corrected chi connectivity index (χ2v) is 8.17. The van der Waals surface area contributed by atoms with Crippen LogP contribution >= 0.6 is 0 Å². The van der Waals surface area contributed by atoms with Gasteiger partial charge in [0.1, 0.15) is 5.58 Å². The summed E-state index contributed by atoms with van der Waals surface area (Å²) in [5.41, 5.74) is 2.62. The Bertz CT molecular complexity index is 1100. The molecule has 1 fully saturated rings. The summed E-state index contributed by atoms with van der Waals surface area (Å²) < 4.78 is 11.2. The molecule has 1 aromatic heterocycles. The monoisotopic (exact) mass is 420 g/mol. The van der Waals surface area contributed by atoms with Crippen molar-refractivity contribution in [2.75, 3.05) is 32.8 Å². The standard InChI is InChI=1S/C25H28N2O4/c1-17(2)18-7-9-19(10-8-18)21(27-11-13-30-14-12-27)16-26-25(29)24-15-22(28)20-5-3-4-6-23(20)31-24/h3-10,15,17,21H,11-14,16H2,1-2H3,(H,26,29)/t21-/m0/s1. The average Bonchev–Trinajstić information content (AvgIpc) is 2.80. The maximum Gasteiger partial charge on any atom is 0.287 e. The van der Waals surface area contributed by atoms with Crippen molar-refractivity contribution < 1.29 is 13.9 Å². The summed E-state index contributed by atoms with van der Waals surface area (Å²) in [7, 11) is 0. The molecule has 0 radical (unpaired) electrons. The molecule has 1 atom stereocenters. The van der Waals surface area contributed by atoms with Crippen molar-refractivity contribution in [3.63, 3.8) is 0 Å². The number of ether oxygens (including phenoxy) is 1. The molecule has 4 rings (SSSR count). The summed E-state index contributed by atoms with van der Waals surface area (Å²) in [6.07, 6.45) is 0. The highest BCUT2D eigenvalue weighted by Gasteiger charge is 2.24. The Balaban J connectivity index is 1.54. The normalized spacial score (nSPS) is 15.8. The van der Waals surface area contributed by atoms with E-state index in [2.05, 4.69) is 48.3 Å². The van der Waals surface area contributed by atoms with Crippen LogP contribution in [0.5, 0.6) is 0 Å². The lowest BCUT2D eigenvalue weighted by Gasteiger charge is -2.35. The number of amides is 1. The molecule has 0 unspecified atom stereocenters. The number of hydrogen-bond acceptors (Lipinski definition) is 5. The molecule has 0 bridgehead atoms. The number of nitrogens with zero attached hydrogens (tertiary/aromatic N) is 1. The van der Waals surface area contributed by atoms with E-state index >= 15 is 0 Å². The zero-order valence-electron chi connectivity index (χ0n) is 18.0. The fourth-order valence-corrected chi connectivity index (χ4v) is 3.94. The lowest BCUT2D eigenvalue weighted by Crippen LogP contribution is -2.43. The van der Waals surface area contributed by atoms with Crippen molar-refractivity contribution in [1.82, 2.24) is 10.2 Å². The van der Waals surface area contributed by atoms with Gasteiger partial charge in [0.25, 0.3) is 5.91 Å². The minimum atomic E-state index is -0.389. The van der Waals surface area contributed by atoms with Crippen molar-refractivity contribution in [3.05, 3.63) is 81.7 Å². The number of rotatable bonds is 6. The molecule has 0 spiro atoms. The third-order valence-electron chi connectivity index (χ3n) is 5.79. The van der Waals surface area contributed by atoms with Crippen LogP contribution in [0.15, 0.2) is 63.8 Å². The van der Waals surface area contributed by atoms with Crippen molar-refractivity contribution >= 4 is 16.9 Å². The second-order valence-electron chi connectivity index (χ2n) is 8.17. The van der Waals surface area contributed by atoms with Gasteiger partial charge in [0.2, 0.25) is 0 Å². The van der Waals surface area contributed by atoms with E-state index in [4.69, 9.17) is 9.15 Å². The summed E-state index contributed by atoms with van der Waals surface area (Å²) in [5, 5.41) is 3.44. The lowest BCUT2D eigenvalue weighted by molar-refractivity contribution is 0.0161. The molecule has 6 nitrogen and oxygen atoms in total. The molecule has 0 aliphatic carbocycles. The molecule has 2 heterocycles. The quantitative estimate of drug-likeness (QED) is 0.658. The molecular formula is C25H28N2O4. The zero-order chi connectivity index (χ0) is 21.8. The lowest BCUT2D eigenvalue weighted by atomic mass is 9.98. The molecule has 1 N–H and O–H groups in total. The number of fused-ring (bicyclic) bond motifs is 1. The third-order valence-corrected chi connectivity index (χ3v) is 5.79. The number of morpholine rings is 1. The predicted octanol–water partition coefficient (Wildman–Crippen LogP) is 3.72. The van der Waals surface area contributed by atoms with Gasteiger partial charge in [-0.25, -0.2) is 0 Å². The van der Waals surface area contributed by atoms with Crippen LogP contribution in [0.4, 0.5) is 0 Å². The summed E-state index contributed by atoms with van der Waals surface area (Å²) in [5.74, 6) is 0.103. The van der Waals surface area contributed by atoms with E-state index in [1.54, 1.807) is 24.3 Å². The molecular weight excluding hydrogens is 392 g/mol. The van der Waals surface area contributed by atoms with Crippen molar-refractivity contribution in [2.24, 2.45) is 0 Å². The molecule has 1 saturated heterocycles. The van der Waals surface area contributed by atoms with Crippen molar-refractivity contribution in [1.29, 1.82) is 0 Å². The van der Waals surface area contributed by atoms with Gasteiger partial charge < -0.3 is 14.5 Å². The van der Waals surface area contributed by atoms with E-state index in [1.165, 1.54) is 11.6 Å². The molecule has 0 saturated carbocycles. The molecule has 6 heteroatoms. The summed E-state index contributed by atoms with van der Waals surface area (Å²) in [6, 6.07) is 16.8. The Morgan fingerprint density at radius 3 is 2.42 bits per heavy atom. The second kappa shape index (κ2) is 9.45. The van der Waals surface area contributed by atoms with E-state index in [-0.39, 0.29) is 23.1 Å². The first-order valence-corrected chi connectivity index (χ1v) is 10.8. The maximum absolute atomic E-state index is 12.8. The van der Waals surface area contributed by atoms with Gasteiger partial charge in [0, 0.05) is 25.7 Å². The van der Waals surface area contributed by atoms with E-state index < -0.39 is 0 Å². The van der Waals surface area contributed by atoms with E-state index in [1.807, 2.05) is 0 Å². The summed E-state index contributed by atoms with van der Waals surface area (Å²) >= 11 is 0. The van der Waals surface area contributed by atoms with E-state index in [0.29, 0.717) is 36.6 Å². The number of benzene rings is 2. The molecule has 1 aliphatic rings. The fourth-order valence-electron chi connectivity index (χ4n) is 3.94. The Kier molecular flexibility index (Phi) is 6.49. The number of carbonyl (C=O) groups is 1. The molecule has 1 aliphatic heterocycles. The summed E-state index contributed by atoms with van der Waals surface area (Å²) in [4.78, 5) is 27.5. The zero-order valence-corrected chi connectivity index (χ0v) is 18.0. The van der Waals surface area contributed by atoms with Gasteiger partial charge in [0.05, 0.1) is 24.6 Å². The number of hydrogen-bond donors (Lipinski definition) is 1. The van der Waals surface area contributed by atoms with Crippen LogP contribution in [0.3, 0.4) is 0 Å². The minimum absolute atomic E-state index is 0.0150. The van der Waals surface area contributed by atoms with Gasteiger partial charge in [-0.1, -0.05) is 50.2 Å². The first-order valence-electron chi connectivity index (χ1n) is 10.8. The molecule has 1 amide bonds. The van der Waals surface area contributed by atoms with Gasteiger partial charge in [0.15, 0.2) is 11.2 Å². The Hall–Kier alpha value is -2.96. The van der Waals surface area contributed by atoms with Gasteiger partial charge in [-0.2, -0.15) is 0 Å². The molecule has 2 aromatic carbocycles. The van der Waals surface area contributed by atoms with Crippen LogP contribution in [0.1, 0.15) is 47.5 Å². The molecule has 3 aromatic rings. The highest BCUT2D eigenvalue weighted by molar-refractivity contribution is 5.93. The molecule has 162 valence electrons. The smallest absolute Gasteiger partial charge is 0.287 e. The first kappa shape index (κ1) is 21.3. The van der Waals surface area contributed by atoms with Gasteiger partial charge >= 0.3 is 0 Å². The predicted molar refractivity (Wildman–Crippen MR) is 120 cm³/mol. The van der Waals surface area contributed by atoms with Gasteiger partial charge in [-0.15, -0.1) is 0 Å². The number of nitrogens with one attached hydrogen (secondary N) is 1. The van der Waals surface area contributed by atoms with Gasteiger partial charge in [-0.3, -0.25) is 14.5 Å². The van der Waals surface area contributed by atoms with Crippen molar-refractivity contribution in [3.8, 4) is 0 Å². The third kappa shape index (κ3) is 4.86. The van der Waals surface area contributed by atoms with Crippen LogP contribution < -0.4 is 10.7 Å². The van der Waals surface area contributed by atoms with Crippen LogP contribution in [-0.2, 0) is 4.74 Å². The van der Waals surface area contributed by atoms with Gasteiger partial charge in [-0.05, 0) is 29.2 Å². The number of carbonyl (C=O) groups excluding carboxylic acids is 1. The Morgan fingerprint density at radius 2 is 1.71 bits per heavy atom. The highest BCUT2D eigenvalue weighted by atomic mass is 16.5. The Labute approximate surface area is 181 Å². The topological polar surface area (TPSA) is 71.8 Å². The maximum atomic E-state index is 12.8. The first-order chi connectivity index (χ1) is 15.0. The SMILES string of the molecule is CC(C)c1ccc([C@H](CNC(=O)c2cc(=O)c3ccccc3o2)N2CCOCC2)cc1. The van der Waals surface area contributed by atoms with Crippen molar-refractivity contribution in [2.45, 2.75) is 25.8 Å². The van der Waals surface area contributed by atoms with E-state index in [9.17, 15) is 9.59 Å². The summed E-state index contributed by atoms with van der Waals surface area (Å²) in [6.45, 7) is 7.71. The number of para-hydroxylation sites is 1. The largest absolute Gasteiger partial charge is 0.451 e. The fraction of sp³-hybridized carbons (Fsp3) is 0.360. The molecule has 31 heavy (non-hydrogen) atoms.